The van der Waals surface area contributed by atoms with Crippen molar-refractivity contribution >= 4 is 0 Å². The minimum Gasteiger partial charge on any atom is -0.472 e. The number of rotatable bonds is 4. The second-order valence-corrected chi connectivity index (χ2v) is 6.78. The highest BCUT2D eigenvalue weighted by atomic mass is 16.6. The lowest BCUT2D eigenvalue weighted by molar-refractivity contribution is -0.0538. The van der Waals surface area contributed by atoms with E-state index in [4.69, 9.17) is 9.47 Å². The molecule has 5 heteroatoms. The van der Waals surface area contributed by atoms with E-state index in [1.165, 1.54) is 12.0 Å². The van der Waals surface area contributed by atoms with Crippen LogP contribution in [0.25, 0.3) is 0 Å². The molecule has 0 bridgehead atoms. The number of pyridine rings is 2. The summed E-state index contributed by atoms with van der Waals surface area (Å²) in [6.07, 6.45) is 8.80. The van der Waals surface area contributed by atoms with Crippen LogP contribution in [0, 0.1) is 0 Å². The van der Waals surface area contributed by atoms with Crippen molar-refractivity contribution in [3.63, 3.8) is 0 Å². The maximum Gasteiger partial charge on any atom is 0.213 e. The highest BCUT2D eigenvalue weighted by Gasteiger charge is 2.44. The van der Waals surface area contributed by atoms with Gasteiger partial charge < -0.3 is 9.47 Å². The molecule has 0 radical (unpaired) electrons. The van der Waals surface area contributed by atoms with Gasteiger partial charge in [-0.1, -0.05) is 6.07 Å². The molecule has 0 aliphatic carbocycles. The van der Waals surface area contributed by atoms with Gasteiger partial charge in [0.1, 0.15) is 6.10 Å². The average Bonchev–Trinajstić information content (AvgIpc) is 2.98. The first kappa shape index (κ1) is 15.5. The number of aromatic nitrogens is 2. The Morgan fingerprint density at radius 1 is 1.21 bits per heavy atom. The van der Waals surface area contributed by atoms with Crippen molar-refractivity contribution in [3.05, 3.63) is 54.5 Å². The van der Waals surface area contributed by atoms with Crippen LogP contribution in [0.15, 0.2) is 48.9 Å². The number of piperidine rings is 1. The third-order valence-electron chi connectivity index (χ3n) is 4.87. The zero-order valence-corrected chi connectivity index (χ0v) is 13.8. The minimum absolute atomic E-state index is 0.0648. The van der Waals surface area contributed by atoms with Crippen molar-refractivity contribution in [1.82, 2.24) is 14.9 Å². The van der Waals surface area contributed by atoms with E-state index in [0.717, 1.165) is 32.5 Å². The molecule has 2 fully saturated rings. The van der Waals surface area contributed by atoms with Gasteiger partial charge in [-0.15, -0.1) is 0 Å². The summed E-state index contributed by atoms with van der Waals surface area (Å²) in [5, 5.41) is 0. The first-order valence-corrected chi connectivity index (χ1v) is 8.64. The van der Waals surface area contributed by atoms with Crippen LogP contribution >= 0.6 is 0 Å². The summed E-state index contributed by atoms with van der Waals surface area (Å²) >= 11 is 0. The fraction of sp³-hybridized carbons (Fsp3) is 0.474. The normalized spacial score (nSPS) is 27.4. The Bertz CT molecular complexity index is 652. The molecule has 0 N–H and O–H groups in total. The van der Waals surface area contributed by atoms with E-state index < -0.39 is 0 Å². The summed E-state index contributed by atoms with van der Waals surface area (Å²) in [5.41, 5.74) is 1.24. The van der Waals surface area contributed by atoms with Crippen LogP contribution in [0.2, 0.25) is 0 Å². The molecule has 24 heavy (non-hydrogen) atoms. The molecule has 2 aliphatic rings. The van der Waals surface area contributed by atoms with Crippen LogP contribution in [0.1, 0.15) is 24.8 Å². The number of likely N-dealkylation sites (tertiary alicyclic amines) is 1. The predicted molar refractivity (Wildman–Crippen MR) is 90.7 cm³/mol. The van der Waals surface area contributed by atoms with E-state index in [-0.39, 0.29) is 11.7 Å². The van der Waals surface area contributed by atoms with Crippen LogP contribution in [-0.4, -0.2) is 46.3 Å². The van der Waals surface area contributed by atoms with Crippen LogP contribution in [0.5, 0.6) is 5.88 Å². The van der Waals surface area contributed by atoms with Crippen molar-refractivity contribution in [1.29, 1.82) is 0 Å². The number of nitrogens with zero attached hydrogens (tertiary/aromatic N) is 3. The molecular weight excluding hydrogens is 302 g/mol. The Morgan fingerprint density at radius 2 is 2.12 bits per heavy atom. The molecule has 2 atom stereocenters. The lowest BCUT2D eigenvalue weighted by atomic mass is 9.89. The van der Waals surface area contributed by atoms with E-state index in [2.05, 4.69) is 27.0 Å². The molecule has 5 nitrogen and oxygen atoms in total. The van der Waals surface area contributed by atoms with Crippen molar-refractivity contribution in [3.8, 4) is 5.88 Å². The lowest BCUT2D eigenvalue weighted by Crippen LogP contribution is -2.47. The Morgan fingerprint density at radius 3 is 2.96 bits per heavy atom. The molecule has 2 saturated heterocycles. The van der Waals surface area contributed by atoms with Gasteiger partial charge in [0, 0.05) is 44.2 Å². The highest BCUT2D eigenvalue weighted by molar-refractivity contribution is 5.12. The monoisotopic (exact) mass is 325 g/mol. The van der Waals surface area contributed by atoms with Crippen LogP contribution in [0.3, 0.4) is 0 Å². The third-order valence-corrected chi connectivity index (χ3v) is 4.87. The Kier molecular flexibility index (Phi) is 4.45. The smallest absolute Gasteiger partial charge is 0.213 e. The highest BCUT2D eigenvalue weighted by Crippen LogP contribution is 2.36. The van der Waals surface area contributed by atoms with Crippen LogP contribution in [-0.2, 0) is 11.3 Å². The minimum atomic E-state index is -0.0648. The van der Waals surface area contributed by atoms with Crippen LogP contribution in [0.4, 0.5) is 0 Å². The second-order valence-electron chi connectivity index (χ2n) is 6.78. The molecule has 2 aliphatic heterocycles. The SMILES string of the molecule is c1ccc(O[C@@H]2CO[C@@]3(CCCN(Cc4ccncc4)C3)C2)nc1. The summed E-state index contributed by atoms with van der Waals surface area (Å²) < 4.78 is 12.2. The van der Waals surface area contributed by atoms with Crippen molar-refractivity contribution in [2.24, 2.45) is 0 Å². The predicted octanol–water partition coefficient (Wildman–Crippen LogP) is 2.68. The fourth-order valence-corrected chi connectivity index (χ4v) is 3.82. The molecule has 0 unspecified atom stereocenters. The van der Waals surface area contributed by atoms with E-state index in [0.29, 0.717) is 12.5 Å². The Hall–Kier alpha value is -1.98. The third kappa shape index (κ3) is 3.57. The Balaban J connectivity index is 1.37. The topological polar surface area (TPSA) is 47.5 Å². The summed E-state index contributed by atoms with van der Waals surface area (Å²) in [4.78, 5) is 10.8. The molecule has 0 amide bonds. The largest absolute Gasteiger partial charge is 0.472 e. The van der Waals surface area contributed by atoms with Gasteiger partial charge in [-0.05, 0) is 43.1 Å². The quantitative estimate of drug-likeness (QED) is 0.865. The van der Waals surface area contributed by atoms with Gasteiger partial charge in [0.2, 0.25) is 5.88 Å². The van der Waals surface area contributed by atoms with E-state index in [9.17, 15) is 0 Å². The number of ether oxygens (including phenoxy) is 2. The first-order valence-electron chi connectivity index (χ1n) is 8.64. The molecule has 2 aromatic heterocycles. The zero-order chi connectivity index (χ0) is 16.2. The van der Waals surface area contributed by atoms with Crippen molar-refractivity contribution < 1.29 is 9.47 Å². The molecule has 4 rings (SSSR count). The second kappa shape index (κ2) is 6.87. The van der Waals surface area contributed by atoms with Crippen molar-refractivity contribution in [2.75, 3.05) is 19.7 Å². The molecule has 1 spiro atoms. The van der Waals surface area contributed by atoms with Gasteiger partial charge in [0.15, 0.2) is 0 Å². The molecular formula is C19H23N3O2. The van der Waals surface area contributed by atoms with Crippen molar-refractivity contribution in [2.45, 2.75) is 37.5 Å². The molecule has 2 aromatic rings. The van der Waals surface area contributed by atoms with Gasteiger partial charge in [-0.2, -0.15) is 0 Å². The van der Waals surface area contributed by atoms with Gasteiger partial charge in [-0.25, -0.2) is 4.98 Å². The fourth-order valence-electron chi connectivity index (χ4n) is 3.82. The molecule has 0 aromatic carbocycles. The first-order chi connectivity index (χ1) is 11.8. The molecule has 0 saturated carbocycles. The van der Waals surface area contributed by atoms with E-state index >= 15 is 0 Å². The number of hydrogen-bond acceptors (Lipinski definition) is 5. The van der Waals surface area contributed by atoms with Gasteiger partial charge >= 0.3 is 0 Å². The van der Waals surface area contributed by atoms with Crippen LogP contribution < -0.4 is 4.74 Å². The average molecular weight is 325 g/mol. The maximum absolute atomic E-state index is 6.23. The van der Waals surface area contributed by atoms with Gasteiger partial charge in [-0.3, -0.25) is 9.88 Å². The van der Waals surface area contributed by atoms with E-state index in [1.807, 2.05) is 30.6 Å². The summed E-state index contributed by atoms with van der Waals surface area (Å²) in [6, 6.07) is 9.93. The summed E-state index contributed by atoms with van der Waals surface area (Å²) in [6.45, 7) is 3.70. The Labute approximate surface area is 142 Å². The molecule has 126 valence electrons. The van der Waals surface area contributed by atoms with Gasteiger partial charge in [0.25, 0.3) is 0 Å². The lowest BCUT2D eigenvalue weighted by Gasteiger charge is -2.39. The maximum atomic E-state index is 6.23. The number of hydrogen-bond donors (Lipinski definition) is 0. The zero-order valence-electron chi connectivity index (χ0n) is 13.8. The molecule has 4 heterocycles. The standard InChI is InChI=1S/C19H23N3O2/c1-2-8-21-18(4-1)24-17-12-19(23-14-17)7-3-11-22(15-19)13-16-5-9-20-10-6-16/h1-2,4-6,8-10,17H,3,7,11-15H2/t17-,19-/m0/s1. The van der Waals surface area contributed by atoms with E-state index in [1.54, 1.807) is 6.20 Å². The summed E-state index contributed by atoms with van der Waals surface area (Å²) in [7, 11) is 0. The van der Waals surface area contributed by atoms with Gasteiger partial charge in [0.05, 0.1) is 12.2 Å². The summed E-state index contributed by atoms with van der Waals surface area (Å²) in [5.74, 6) is 0.688.